The highest BCUT2D eigenvalue weighted by Gasteiger charge is 2.49. The number of aryl methyl sites for hydroxylation is 3. The summed E-state index contributed by atoms with van der Waals surface area (Å²) in [6.07, 6.45) is 2.87. The van der Waals surface area contributed by atoms with Gasteiger partial charge in [0.2, 0.25) is 0 Å². The van der Waals surface area contributed by atoms with Gasteiger partial charge in [-0.2, -0.15) is 0 Å². The fourth-order valence-corrected chi connectivity index (χ4v) is 7.94. The Morgan fingerprint density at radius 1 is 0.880 bits per heavy atom. The standard InChI is InChI=1S/C42H47N5O3/c1-8-13-37-44-38-27(2)22-30(39-43-34-16-11-12-17-35(34)45(39)7)23-36(38)46(37)26-28-18-20-29(21-19-28)32-14-9-10-15-33(32)40(48)50-31-24-41(3,4)47(49)42(5,6)25-31/h9-12,14-23,31,49H,8,13,24-26H2,1-7H3/p+1. The van der Waals surface area contributed by atoms with Crippen LogP contribution in [0.4, 0.5) is 0 Å². The van der Waals surface area contributed by atoms with Gasteiger partial charge in [-0.3, -0.25) is 0 Å². The summed E-state index contributed by atoms with van der Waals surface area (Å²) in [7, 11) is 2.08. The van der Waals surface area contributed by atoms with E-state index in [1.807, 2.05) is 58.0 Å². The first kappa shape index (κ1) is 33.7. The van der Waals surface area contributed by atoms with Crippen LogP contribution in [0.1, 0.15) is 81.2 Å². The van der Waals surface area contributed by atoms with Crippen LogP contribution in [0, 0.1) is 6.92 Å². The Morgan fingerprint density at radius 2 is 1.56 bits per heavy atom. The van der Waals surface area contributed by atoms with Gasteiger partial charge < -0.3 is 19.1 Å². The Kier molecular flexibility index (Phi) is 8.65. The molecule has 0 spiro atoms. The summed E-state index contributed by atoms with van der Waals surface area (Å²) in [5.41, 5.74) is 9.18. The second kappa shape index (κ2) is 12.8. The molecule has 0 aliphatic carbocycles. The van der Waals surface area contributed by atoms with Crippen molar-refractivity contribution in [1.82, 2.24) is 24.2 Å². The van der Waals surface area contributed by atoms with Gasteiger partial charge in [0, 0.05) is 38.4 Å². The molecule has 2 aromatic heterocycles. The van der Waals surface area contributed by atoms with Crippen LogP contribution >= 0.6 is 0 Å². The lowest BCUT2D eigenvalue weighted by atomic mass is 9.80. The van der Waals surface area contributed by atoms with Crippen LogP contribution in [0.5, 0.6) is 0 Å². The number of fused-ring (bicyclic) bond motifs is 2. The molecule has 0 amide bonds. The largest absolute Gasteiger partial charge is 0.459 e. The summed E-state index contributed by atoms with van der Waals surface area (Å²) < 4.78 is 10.7. The Morgan fingerprint density at radius 3 is 2.26 bits per heavy atom. The monoisotopic (exact) mass is 670 g/mol. The average molecular weight is 671 g/mol. The first-order valence-corrected chi connectivity index (χ1v) is 17.7. The van der Waals surface area contributed by atoms with Gasteiger partial charge in [-0.25, -0.2) is 14.8 Å². The highest BCUT2D eigenvalue weighted by Crippen LogP contribution is 2.39. The smallest absolute Gasteiger partial charge is 0.339 e. The van der Waals surface area contributed by atoms with Gasteiger partial charge in [-0.15, -0.1) is 0 Å². The van der Waals surface area contributed by atoms with Gasteiger partial charge in [0.15, 0.2) is 0 Å². The SMILES string of the molecule is CCCc1nc2c(C)cc(-c3nc4ccccc4n3C)cc2n1Cc1ccc(-c2ccccc2C(=O)OC2CC(C)(C)N([OH2+])C(C)(C)C2)cc1. The number of nitrogens with zero attached hydrogens (tertiary/aromatic N) is 5. The quantitative estimate of drug-likeness (QED) is 0.120. The van der Waals surface area contributed by atoms with Gasteiger partial charge in [-0.05, 0) is 93.6 Å². The summed E-state index contributed by atoms with van der Waals surface area (Å²) in [5, 5.41) is 10.2. The minimum absolute atomic E-state index is 0.257. The number of imidazole rings is 2. The number of hydrogen-bond acceptors (Lipinski definition) is 5. The van der Waals surface area contributed by atoms with Crippen molar-refractivity contribution in [3.05, 3.63) is 107 Å². The van der Waals surface area contributed by atoms with Gasteiger partial charge in [0.1, 0.15) is 17.8 Å². The molecule has 6 aromatic rings. The molecular formula is C42H48N5O3+. The Hall–Kier alpha value is -4.79. The van der Waals surface area contributed by atoms with Crippen LogP contribution in [0.3, 0.4) is 0 Å². The zero-order valence-corrected chi connectivity index (χ0v) is 30.2. The molecule has 1 saturated heterocycles. The van der Waals surface area contributed by atoms with Crippen molar-refractivity contribution in [1.29, 1.82) is 0 Å². The third kappa shape index (κ3) is 6.11. The van der Waals surface area contributed by atoms with Gasteiger partial charge >= 0.3 is 5.97 Å². The molecule has 4 aromatic carbocycles. The summed E-state index contributed by atoms with van der Waals surface area (Å²) in [4.78, 5) is 23.8. The molecule has 8 nitrogen and oxygen atoms in total. The van der Waals surface area contributed by atoms with Gasteiger partial charge in [0.25, 0.3) is 0 Å². The molecule has 8 heteroatoms. The molecule has 0 atom stereocenters. The second-order valence-corrected chi connectivity index (χ2v) is 15.1. The van der Waals surface area contributed by atoms with E-state index in [1.165, 1.54) is 0 Å². The van der Waals surface area contributed by atoms with E-state index in [-0.39, 0.29) is 12.1 Å². The van der Waals surface area contributed by atoms with E-state index in [0.717, 1.165) is 74.4 Å². The maximum atomic E-state index is 13.6. The van der Waals surface area contributed by atoms with Crippen molar-refractivity contribution < 1.29 is 14.7 Å². The summed E-state index contributed by atoms with van der Waals surface area (Å²) in [5.74, 6) is 1.70. The lowest BCUT2D eigenvalue weighted by Crippen LogP contribution is -2.60. The zero-order valence-electron chi connectivity index (χ0n) is 30.2. The normalized spacial score (nSPS) is 16.3. The second-order valence-electron chi connectivity index (χ2n) is 15.1. The molecule has 0 saturated carbocycles. The molecule has 1 aliphatic rings. The number of carbonyl (C=O) groups is 1. The predicted molar refractivity (Wildman–Crippen MR) is 201 cm³/mol. The lowest BCUT2D eigenvalue weighted by Gasteiger charge is -2.47. The topological polar surface area (TPSA) is 88.1 Å². The molecule has 2 N–H and O–H groups in total. The molecule has 7 rings (SSSR count). The van der Waals surface area contributed by atoms with E-state index in [1.54, 1.807) is 5.06 Å². The van der Waals surface area contributed by atoms with E-state index in [9.17, 15) is 4.79 Å². The molecule has 50 heavy (non-hydrogen) atoms. The molecule has 1 fully saturated rings. The number of hydrogen-bond donors (Lipinski definition) is 0. The van der Waals surface area contributed by atoms with Gasteiger partial charge in [0.05, 0.1) is 38.7 Å². The number of para-hydroxylation sites is 2. The molecule has 258 valence electrons. The third-order valence-electron chi connectivity index (χ3n) is 10.3. The highest BCUT2D eigenvalue weighted by atomic mass is 16.5. The van der Waals surface area contributed by atoms with Crippen molar-refractivity contribution in [3.8, 4) is 22.5 Å². The predicted octanol–water partition coefficient (Wildman–Crippen LogP) is 8.38. The maximum Gasteiger partial charge on any atom is 0.339 e. The van der Waals surface area contributed by atoms with E-state index in [4.69, 9.17) is 19.9 Å². The molecule has 0 radical (unpaired) electrons. The maximum absolute atomic E-state index is 13.6. The number of esters is 1. The van der Waals surface area contributed by atoms with Crippen molar-refractivity contribution in [3.63, 3.8) is 0 Å². The first-order valence-electron chi connectivity index (χ1n) is 17.7. The summed E-state index contributed by atoms with van der Waals surface area (Å²) in [6.45, 7) is 13.2. The molecule has 1 aliphatic heterocycles. The van der Waals surface area contributed by atoms with Crippen LogP contribution in [0.25, 0.3) is 44.6 Å². The Labute approximate surface area is 294 Å². The number of rotatable bonds is 8. The number of aromatic nitrogens is 4. The van der Waals surface area contributed by atoms with Crippen molar-refractivity contribution in [2.45, 2.75) is 91.0 Å². The van der Waals surface area contributed by atoms with E-state index >= 15 is 0 Å². The third-order valence-corrected chi connectivity index (χ3v) is 10.3. The number of ether oxygens (including phenoxy) is 1. The Balaban J connectivity index is 1.18. The minimum Gasteiger partial charge on any atom is -0.459 e. The molecular weight excluding hydrogens is 622 g/mol. The fourth-order valence-electron chi connectivity index (χ4n) is 7.94. The van der Waals surface area contributed by atoms with Crippen LogP contribution in [0.15, 0.2) is 84.9 Å². The van der Waals surface area contributed by atoms with Crippen molar-refractivity contribution >= 4 is 28.0 Å². The van der Waals surface area contributed by atoms with E-state index < -0.39 is 11.1 Å². The number of hydroxylamine groups is 2. The molecule has 0 bridgehead atoms. The zero-order chi connectivity index (χ0) is 35.4. The van der Waals surface area contributed by atoms with Gasteiger partial charge in [-0.1, -0.05) is 66.6 Å². The first-order chi connectivity index (χ1) is 23.9. The Bertz CT molecular complexity index is 2190. The van der Waals surface area contributed by atoms with E-state index in [2.05, 4.69) is 84.6 Å². The highest BCUT2D eigenvalue weighted by molar-refractivity contribution is 5.97. The number of piperidine rings is 1. The summed E-state index contributed by atoms with van der Waals surface area (Å²) in [6, 6.07) is 28.9. The van der Waals surface area contributed by atoms with Crippen LogP contribution in [0.2, 0.25) is 0 Å². The lowest BCUT2D eigenvalue weighted by molar-refractivity contribution is -0.256. The van der Waals surface area contributed by atoms with Crippen molar-refractivity contribution in [2.75, 3.05) is 0 Å². The van der Waals surface area contributed by atoms with Crippen LogP contribution < -0.4 is 0 Å². The van der Waals surface area contributed by atoms with Crippen molar-refractivity contribution in [2.24, 2.45) is 7.05 Å². The molecule has 3 heterocycles. The number of carbonyl (C=O) groups excluding carboxylic acids is 1. The van der Waals surface area contributed by atoms with Crippen LogP contribution in [-0.4, -0.2) is 52.5 Å². The molecule has 0 unspecified atom stereocenters. The average Bonchev–Trinajstić information content (AvgIpc) is 3.61. The summed E-state index contributed by atoms with van der Waals surface area (Å²) >= 11 is 0. The minimum atomic E-state index is -0.396. The van der Waals surface area contributed by atoms with Crippen LogP contribution in [-0.2, 0) is 24.8 Å². The fraction of sp³-hybridized carbons (Fsp3) is 0.357. The number of benzene rings is 4. The van der Waals surface area contributed by atoms with E-state index in [0.29, 0.717) is 24.9 Å².